The summed E-state index contributed by atoms with van der Waals surface area (Å²) in [5.74, 6) is -0.358. The summed E-state index contributed by atoms with van der Waals surface area (Å²) in [4.78, 5) is 34.5. The van der Waals surface area contributed by atoms with Gasteiger partial charge in [-0.15, -0.1) is 11.3 Å². The van der Waals surface area contributed by atoms with Crippen molar-refractivity contribution in [2.45, 2.75) is 13.5 Å². The highest BCUT2D eigenvalue weighted by Gasteiger charge is 2.14. The Bertz CT molecular complexity index is 1240. The van der Waals surface area contributed by atoms with Gasteiger partial charge in [0.25, 0.3) is 5.56 Å². The fourth-order valence-corrected chi connectivity index (χ4v) is 3.80. The Labute approximate surface area is 168 Å². The molecule has 1 amide bonds. The minimum absolute atomic E-state index is 0.161. The molecule has 0 aliphatic carbocycles. The van der Waals surface area contributed by atoms with Crippen LogP contribution in [0.1, 0.15) is 4.88 Å². The number of aryl methyl sites for hydroxylation is 2. The van der Waals surface area contributed by atoms with E-state index >= 15 is 0 Å². The second-order valence-electron chi connectivity index (χ2n) is 6.16. The molecule has 0 unspecified atom stereocenters. The summed E-state index contributed by atoms with van der Waals surface area (Å²) < 4.78 is 2.76. The molecule has 28 heavy (non-hydrogen) atoms. The molecule has 4 aromatic rings. The van der Waals surface area contributed by atoms with Gasteiger partial charge in [-0.2, -0.15) is 5.10 Å². The van der Waals surface area contributed by atoms with Crippen molar-refractivity contribution in [1.82, 2.24) is 24.3 Å². The number of halogens is 1. The van der Waals surface area contributed by atoms with Crippen LogP contribution in [0.25, 0.3) is 22.3 Å². The number of hydrogen-bond acceptors (Lipinski definition) is 6. The largest absolute Gasteiger partial charge is 0.300 e. The summed E-state index contributed by atoms with van der Waals surface area (Å²) >= 11 is 7.30. The molecule has 8 nitrogen and oxygen atoms in total. The maximum Gasteiger partial charge on any atom is 0.264 e. The molecule has 1 N–H and O–H groups in total. The molecule has 0 bridgehead atoms. The van der Waals surface area contributed by atoms with Crippen LogP contribution in [0, 0.1) is 6.92 Å². The first-order chi connectivity index (χ1) is 13.4. The van der Waals surface area contributed by atoms with Gasteiger partial charge in [0, 0.05) is 22.5 Å². The van der Waals surface area contributed by atoms with Crippen LogP contribution < -0.4 is 10.9 Å². The van der Waals surface area contributed by atoms with E-state index in [0.29, 0.717) is 21.2 Å². The lowest BCUT2D eigenvalue weighted by molar-refractivity contribution is -0.116. The third-order valence-corrected chi connectivity index (χ3v) is 5.33. The molecule has 142 valence electrons. The number of thiazole rings is 1. The molecular weight excluding hydrogens is 400 g/mol. The number of aromatic nitrogens is 5. The van der Waals surface area contributed by atoms with Crippen molar-refractivity contribution in [3.63, 3.8) is 0 Å². The van der Waals surface area contributed by atoms with Gasteiger partial charge in [-0.05, 0) is 19.1 Å². The first-order valence-electron chi connectivity index (χ1n) is 8.33. The van der Waals surface area contributed by atoms with Crippen LogP contribution in [-0.2, 0) is 18.4 Å². The Morgan fingerprint density at radius 1 is 1.29 bits per heavy atom. The molecule has 0 saturated heterocycles. The van der Waals surface area contributed by atoms with Crippen molar-refractivity contribution in [2.24, 2.45) is 7.05 Å². The molecule has 0 aliphatic rings. The zero-order chi connectivity index (χ0) is 19.8. The first-order valence-corrected chi connectivity index (χ1v) is 9.52. The number of hydrogen-bond donors (Lipinski definition) is 1. The van der Waals surface area contributed by atoms with Gasteiger partial charge in [0.2, 0.25) is 5.91 Å². The van der Waals surface area contributed by atoms with E-state index in [1.54, 1.807) is 19.2 Å². The molecular formula is C18H15ClN6O2S. The number of fused-ring (bicyclic) bond motifs is 1. The summed E-state index contributed by atoms with van der Waals surface area (Å²) in [5, 5.41) is 8.25. The smallest absolute Gasteiger partial charge is 0.264 e. The lowest BCUT2D eigenvalue weighted by Crippen LogP contribution is -2.27. The van der Waals surface area contributed by atoms with Gasteiger partial charge in [0.1, 0.15) is 18.3 Å². The Hall–Kier alpha value is -3.04. The molecule has 1 aromatic carbocycles. The molecule has 3 heterocycles. The van der Waals surface area contributed by atoms with E-state index in [1.807, 2.05) is 19.1 Å². The van der Waals surface area contributed by atoms with Gasteiger partial charge in [0.15, 0.2) is 10.8 Å². The van der Waals surface area contributed by atoms with E-state index in [-0.39, 0.29) is 18.0 Å². The molecule has 10 heteroatoms. The zero-order valence-corrected chi connectivity index (χ0v) is 16.6. The quantitative estimate of drug-likeness (QED) is 0.554. The number of anilines is 1. The van der Waals surface area contributed by atoms with Crippen LogP contribution in [-0.4, -0.2) is 30.2 Å². The zero-order valence-electron chi connectivity index (χ0n) is 15.0. The highest BCUT2D eigenvalue weighted by atomic mass is 35.5. The van der Waals surface area contributed by atoms with Crippen LogP contribution in [0.2, 0.25) is 5.02 Å². The molecule has 0 aliphatic heterocycles. The van der Waals surface area contributed by atoms with Crippen LogP contribution in [0.5, 0.6) is 0 Å². The second-order valence-corrected chi connectivity index (χ2v) is 7.80. The number of carbonyl (C=O) groups excluding carboxylic acids is 1. The van der Waals surface area contributed by atoms with Gasteiger partial charge >= 0.3 is 0 Å². The first kappa shape index (κ1) is 18.3. The Kier molecular flexibility index (Phi) is 4.70. The van der Waals surface area contributed by atoms with E-state index in [2.05, 4.69) is 20.4 Å². The summed E-state index contributed by atoms with van der Waals surface area (Å²) in [6, 6.07) is 7.35. The van der Waals surface area contributed by atoms with Gasteiger partial charge in [-0.25, -0.2) is 9.97 Å². The third-order valence-electron chi connectivity index (χ3n) is 4.19. The average Bonchev–Trinajstić information content (AvgIpc) is 3.21. The summed E-state index contributed by atoms with van der Waals surface area (Å²) in [6.45, 7) is 1.77. The number of benzene rings is 1. The highest BCUT2D eigenvalue weighted by molar-refractivity contribution is 7.16. The Morgan fingerprint density at radius 3 is 2.79 bits per heavy atom. The number of nitrogens with one attached hydrogen (secondary N) is 1. The fourth-order valence-electron chi connectivity index (χ4n) is 2.82. The third kappa shape index (κ3) is 3.41. The van der Waals surface area contributed by atoms with Gasteiger partial charge in [-0.3, -0.25) is 18.8 Å². The minimum atomic E-state index is -0.358. The van der Waals surface area contributed by atoms with E-state index in [0.717, 1.165) is 16.1 Å². The summed E-state index contributed by atoms with van der Waals surface area (Å²) in [5.41, 5.74) is 1.86. The average molecular weight is 415 g/mol. The number of amides is 1. The number of carbonyl (C=O) groups is 1. The lowest BCUT2D eigenvalue weighted by atomic mass is 10.1. The maximum absolute atomic E-state index is 12.5. The van der Waals surface area contributed by atoms with Crippen molar-refractivity contribution < 1.29 is 4.79 Å². The number of nitrogens with zero attached hydrogens (tertiary/aromatic N) is 5. The molecule has 0 fully saturated rings. The minimum Gasteiger partial charge on any atom is -0.300 e. The van der Waals surface area contributed by atoms with Crippen molar-refractivity contribution in [1.29, 1.82) is 0 Å². The van der Waals surface area contributed by atoms with Gasteiger partial charge in [-0.1, -0.05) is 23.7 Å². The molecule has 0 spiro atoms. The lowest BCUT2D eigenvalue weighted by Gasteiger charge is -2.05. The Balaban J connectivity index is 1.53. The van der Waals surface area contributed by atoms with Gasteiger partial charge in [0.05, 0.1) is 11.9 Å². The standard InChI is InChI=1S/C18H15ClN6O2S/c1-10-15(11-3-5-12(19)6-4-11)23-18(28-10)22-14(26)8-25-9-20-16-13(17(25)27)7-21-24(16)2/h3-7,9H,8H2,1-2H3,(H,22,23,26). The van der Waals surface area contributed by atoms with Crippen LogP contribution >= 0.6 is 22.9 Å². The van der Waals surface area contributed by atoms with Crippen LogP contribution in [0.3, 0.4) is 0 Å². The van der Waals surface area contributed by atoms with E-state index in [1.165, 1.54) is 33.1 Å². The van der Waals surface area contributed by atoms with Crippen molar-refractivity contribution in [3.8, 4) is 11.3 Å². The topological polar surface area (TPSA) is 94.7 Å². The van der Waals surface area contributed by atoms with Crippen molar-refractivity contribution >= 4 is 45.0 Å². The van der Waals surface area contributed by atoms with Crippen LogP contribution in [0.15, 0.2) is 41.6 Å². The SMILES string of the molecule is Cc1sc(NC(=O)Cn2cnc3c(cnn3C)c2=O)nc1-c1ccc(Cl)cc1. The maximum atomic E-state index is 12.5. The molecule has 0 radical (unpaired) electrons. The molecule has 0 saturated carbocycles. The van der Waals surface area contributed by atoms with E-state index in [4.69, 9.17) is 11.6 Å². The van der Waals surface area contributed by atoms with Crippen molar-refractivity contribution in [3.05, 3.63) is 57.0 Å². The predicted octanol–water partition coefficient (Wildman–Crippen LogP) is 2.85. The van der Waals surface area contributed by atoms with Gasteiger partial charge < -0.3 is 5.32 Å². The Morgan fingerprint density at radius 2 is 2.04 bits per heavy atom. The van der Waals surface area contributed by atoms with Crippen LogP contribution in [0.4, 0.5) is 5.13 Å². The molecule has 3 aromatic heterocycles. The fraction of sp³-hybridized carbons (Fsp3) is 0.167. The van der Waals surface area contributed by atoms with E-state index in [9.17, 15) is 9.59 Å². The summed E-state index contributed by atoms with van der Waals surface area (Å²) in [7, 11) is 1.70. The monoisotopic (exact) mass is 414 g/mol. The number of rotatable bonds is 4. The predicted molar refractivity (Wildman–Crippen MR) is 109 cm³/mol. The summed E-state index contributed by atoms with van der Waals surface area (Å²) in [6.07, 6.45) is 2.79. The normalized spacial score (nSPS) is 11.1. The highest BCUT2D eigenvalue weighted by Crippen LogP contribution is 2.31. The van der Waals surface area contributed by atoms with Crippen molar-refractivity contribution in [2.75, 3.05) is 5.32 Å². The molecule has 0 atom stereocenters. The second kappa shape index (κ2) is 7.17. The van der Waals surface area contributed by atoms with E-state index < -0.39 is 0 Å². The molecule has 4 rings (SSSR count).